The first-order chi connectivity index (χ1) is 8.24. The van der Waals surface area contributed by atoms with Crippen LogP contribution in [0.4, 0.5) is 0 Å². The molecule has 0 aliphatic rings. The molecule has 0 heteroatoms. The zero-order valence-electron chi connectivity index (χ0n) is 10.1. The molecule has 0 nitrogen and oxygen atoms in total. The molecule has 0 heterocycles. The lowest BCUT2D eigenvalue weighted by molar-refractivity contribution is 0.616. The first-order valence-corrected chi connectivity index (χ1v) is 5.82. The Kier molecular flexibility index (Phi) is 3.30. The Morgan fingerprint density at radius 1 is 0.941 bits per heavy atom. The van der Waals surface area contributed by atoms with Crippen molar-refractivity contribution in [1.82, 2.24) is 0 Å². The van der Waals surface area contributed by atoms with Crippen LogP contribution in [0.1, 0.15) is 18.1 Å². The summed E-state index contributed by atoms with van der Waals surface area (Å²) in [6, 6.07) is 20.7. The third-order valence-electron chi connectivity index (χ3n) is 3.13. The van der Waals surface area contributed by atoms with Crippen molar-refractivity contribution >= 4 is 0 Å². The molecule has 84 valence electrons. The van der Waals surface area contributed by atoms with Gasteiger partial charge in [-0.1, -0.05) is 66.6 Å². The Balaban J connectivity index is 2.31. The van der Waals surface area contributed by atoms with E-state index in [4.69, 9.17) is 6.42 Å². The molecule has 2 aromatic carbocycles. The maximum atomic E-state index is 5.74. The Hall–Kier alpha value is -2.00. The van der Waals surface area contributed by atoms with E-state index in [0.717, 1.165) is 6.42 Å². The highest BCUT2D eigenvalue weighted by Gasteiger charge is 2.23. The zero-order valence-corrected chi connectivity index (χ0v) is 10.1. The second-order valence-electron chi connectivity index (χ2n) is 4.50. The molecule has 1 atom stereocenters. The maximum absolute atomic E-state index is 5.74. The Labute approximate surface area is 103 Å². The van der Waals surface area contributed by atoms with Crippen molar-refractivity contribution in [3.63, 3.8) is 0 Å². The van der Waals surface area contributed by atoms with E-state index in [1.54, 1.807) is 0 Å². The molecule has 0 aliphatic carbocycles. The molecule has 2 rings (SSSR count). The Bertz CT molecular complexity index is 505. The molecule has 0 aliphatic heterocycles. The molecule has 0 amide bonds. The van der Waals surface area contributed by atoms with Gasteiger partial charge in [0.05, 0.1) is 5.41 Å². The highest BCUT2D eigenvalue weighted by Crippen LogP contribution is 2.27. The molecule has 0 N–H and O–H groups in total. The standard InChI is InChI=1S/C17H16/c1-3-17(2,16-12-8-5-9-13-16)14-15-10-6-4-7-11-15/h1,4-13H,14H2,2H3. The van der Waals surface area contributed by atoms with Crippen molar-refractivity contribution in [2.24, 2.45) is 0 Å². The molecule has 17 heavy (non-hydrogen) atoms. The largest absolute Gasteiger partial charge is 0.119 e. The molecule has 2 aromatic rings. The Morgan fingerprint density at radius 3 is 2.00 bits per heavy atom. The number of hydrogen-bond donors (Lipinski definition) is 0. The summed E-state index contributed by atoms with van der Waals surface area (Å²) in [4.78, 5) is 0. The van der Waals surface area contributed by atoms with E-state index in [0.29, 0.717) is 0 Å². The lowest BCUT2D eigenvalue weighted by Gasteiger charge is -2.24. The van der Waals surface area contributed by atoms with Crippen LogP contribution >= 0.6 is 0 Å². The summed E-state index contributed by atoms with van der Waals surface area (Å²) in [6.07, 6.45) is 6.61. The molecular formula is C17H16. The first kappa shape index (κ1) is 11.5. The van der Waals surface area contributed by atoms with E-state index in [2.05, 4.69) is 49.2 Å². The van der Waals surface area contributed by atoms with Crippen LogP contribution in [0.2, 0.25) is 0 Å². The van der Waals surface area contributed by atoms with Gasteiger partial charge < -0.3 is 0 Å². The van der Waals surface area contributed by atoms with Gasteiger partial charge in [0.15, 0.2) is 0 Å². The van der Waals surface area contributed by atoms with E-state index in [9.17, 15) is 0 Å². The summed E-state index contributed by atoms with van der Waals surface area (Å²) in [5.41, 5.74) is 2.24. The minimum absolute atomic E-state index is 0.234. The van der Waals surface area contributed by atoms with Crippen molar-refractivity contribution in [2.75, 3.05) is 0 Å². The fraction of sp³-hybridized carbons (Fsp3) is 0.176. The van der Waals surface area contributed by atoms with Crippen molar-refractivity contribution in [2.45, 2.75) is 18.8 Å². The van der Waals surface area contributed by atoms with Crippen LogP contribution in [0.15, 0.2) is 60.7 Å². The summed E-state index contributed by atoms with van der Waals surface area (Å²) in [7, 11) is 0. The average molecular weight is 220 g/mol. The SMILES string of the molecule is C#CC(C)(Cc1ccccc1)c1ccccc1. The third-order valence-corrected chi connectivity index (χ3v) is 3.13. The molecule has 1 unspecified atom stereocenters. The van der Waals surface area contributed by atoms with Crippen molar-refractivity contribution in [3.05, 3.63) is 71.8 Å². The predicted molar refractivity (Wildman–Crippen MR) is 72.8 cm³/mol. The number of benzene rings is 2. The second-order valence-corrected chi connectivity index (χ2v) is 4.50. The number of hydrogen-bond acceptors (Lipinski definition) is 0. The predicted octanol–water partition coefficient (Wildman–Crippen LogP) is 3.82. The third kappa shape index (κ3) is 2.57. The van der Waals surface area contributed by atoms with Crippen LogP contribution in [0.5, 0.6) is 0 Å². The van der Waals surface area contributed by atoms with E-state index in [1.807, 2.05) is 24.3 Å². The van der Waals surface area contributed by atoms with Crippen LogP contribution in [-0.2, 0) is 11.8 Å². The van der Waals surface area contributed by atoms with Crippen LogP contribution in [0.3, 0.4) is 0 Å². The minimum Gasteiger partial charge on any atom is -0.119 e. The van der Waals surface area contributed by atoms with Gasteiger partial charge in [-0.25, -0.2) is 0 Å². The van der Waals surface area contributed by atoms with Crippen molar-refractivity contribution < 1.29 is 0 Å². The lowest BCUT2D eigenvalue weighted by Crippen LogP contribution is -2.22. The molecular weight excluding hydrogens is 204 g/mol. The zero-order chi connectivity index (χ0) is 12.1. The topological polar surface area (TPSA) is 0 Å². The minimum atomic E-state index is -0.234. The van der Waals surface area contributed by atoms with Gasteiger partial charge >= 0.3 is 0 Å². The molecule has 0 radical (unpaired) electrons. The average Bonchev–Trinajstić information content (AvgIpc) is 2.41. The molecule has 0 saturated carbocycles. The van der Waals surface area contributed by atoms with Gasteiger partial charge in [0.1, 0.15) is 0 Å². The van der Waals surface area contributed by atoms with Gasteiger partial charge in [0, 0.05) is 0 Å². The molecule has 0 spiro atoms. The summed E-state index contributed by atoms with van der Waals surface area (Å²) in [6.45, 7) is 2.12. The quantitative estimate of drug-likeness (QED) is 0.690. The van der Waals surface area contributed by atoms with E-state index in [1.165, 1.54) is 11.1 Å². The van der Waals surface area contributed by atoms with Gasteiger partial charge in [-0.2, -0.15) is 0 Å². The van der Waals surface area contributed by atoms with Crippen LogP contribution in [0.25, 0.3) is 0 Å². The van der Waals surface area contributed by atoms with Crippen LogP contribution in [-0.4, -0.2) is 0 Å². The van der Waals surface area contributed by atoms with E-state index < -0.39 is 0 Å². The lowest BCUT2D eigenvalue weighted by atomic mass is 9.78. The molecule has 0 fully saturated rings. The molecule has 0 aromatic heterocycles. The van der Waals surface area contributed by atoms with E-state index in [-0.39, 0.29) is 5.41 Å². The van der Waals surface area contributed by atoms with Gasteiger partial charge in [-0.05, 0) is 24.5 Å². The monoisotopic (exact) mass is 220 g/mol. The van der Waals surface area contributed by atoms with Crippen molar-refractivity contribution in [1.29, 1.82) is 0 Å². The van der Waals surface area contributed by atoms with Gasteiger partial charge in [0.25, 0.3) is 0 Å². The van der Waals surface area contributed by atoms with Gasteiger partial charge in [-0.3, -0.25) is 0 Å². The number of terminal acetylenes is 1. The van der Waals surface area contributed by atoms with Gasteiger partial charge in [-0.15, -0.1) is 6.42 Å². The normalized spacial score (nSPS) is 13.6. The van der Waals surface area contributed by atoms with Crippen LogP contribution < -0.4 is 0 Å². The molecule has 0 bridgehead atoms. The smallest absolute Gasteiger partial charge is 0.0572 e. The highest BCUT2D eigenvalue weighted by molar-refractivity contribution is 5.36. The highest BCUT2D eigenvalue weighted by atomic mass is 14.3. The number of rotatable bonds is 3. The van der Waals surface area contributed by atoms with Gasteiger partial charge in [0.2, 0.25) is 0 Å². The van der Waals surface area contributed by atoms with Crippen LogP contribution in [0, 0.1) is 12.3 Å². The second kappa shape index (κ2) is 4.89. The maximum Gasteiger partial charge on any atom is 0.0572 e. The van der Waals surface area contributed by atoms with Crippen molar-refractivity contribution in [3.8, 4) is 12.3 Å². The van der Waals surface area contributed by atoms with E-state index >= 15 is 0 Å². The fourth-order valence-electron chi connectivity index (χ4n) is 2.05. The first-order valence-electron chi connectivity index (χ1n) is 5.82. The summed E-state index contributed by atoms with van der Waals surface area (Å²) in [5.74, 6) is 2.94. The fourth-order valence-corrected chi connectivity index (χ4v) is 2.05. The summed E-state index contributed by atoms with van der Waals surface area (Å²) >= 11 is 0. The molecule has 0 saturated heterocycles. The summed E-state index contributed by atoms with van der Waals surface area (Å²) < 4.78 is 0. The summed E-state index contributed by atoms with van der Waals surface area (Å²) in [5, 5.41) is 0. The Morgan fingerprint density at radius 2 is 1.47 bits per heavy atom.